The summed E-state index contributed by atoms with van der Waals surface area (Å²) in [5, 5.41) is 14.3. The summed E-state index contributed by atoms with van der Waals surface area (Å²) in [5.74, 6) is -2.34. The lowest BCUT2D eigenvalue weighted by atomic mass is 10.2. The summed E-state index contributed by atoms with van der Waals surface area (Å²) in [6.45, 7) is 2.71. The van der Waals surface area contributed by atoms with Crippen LogP contribution >= 0.6 is 11.6 Å². The predicted molar refractivity (Wildman–Crippen MR) is 120 cm³/mol. The molecule has 0 aliphatic rings. The maximum Gasteiger partial charge on any atom is 0.433 e. The summed E-state index contributed by atoms with van der Waals surface area (Å²) in [5.41, 5.74) is -6.25. The molecule has 2 aromatic carbocycles. The highest BCUT2D eigenvalue weighted by Gasteiger charge is 2.37. The van der Waals surface area contributed by atoms with E-state index in [-0.39, 0.29) is 33.6 Å². The lowest BCUT2D eigenvalue weighted by Crippen LogP contribution is -2.41. The summed E-state index contributed by atoms with van der Waals surface area (Å²) in [7, 11) is 0. The molecule has 1 heterocycles. The minimum Gasteiger partial charge on any atom is -0.480 e. The van der Waals surface area contributed by atoms with Crippen molar-refractivity contribution in [3.05, 3.63) is 90.0 Å². The lowest BCUT2D eigenvalue weighted by molar-refractivity contribution is -0.385. The number of aromatic nitrogens is 2. The third-order valence-electron chi connectivity index (χ3n) is 4.49. The van der Waals surface area contributed by atoms with Gasteiger partial charge in [0.15, 0.2) is 5.69 Å². The smallest absolute Gasteiger partial charge is 0.433 e. The van der Waals surface area contributed by atoms with Gasteiger partial charge in [0.25, 0.3) is 5.56 Å². The van der Waals surface area contributed by atoms with Crippen molar-refractivity contribution in [3.63, 3.8) is 0 Å². The highest BCUT2D eigenvalue weighted by atomic mass is 35.5. The van der Waals surface area contributed by atoms with E-state index in [9.17, 15) is 37.3 Å². The van der Waals surface area contributed by atoms with E-state index in [2.05, 4.69) is 5.10 Å². The first-order valence-corrected chi connectivity index (χ1v) is 10.3. The SMILES string of the molecule is CCOC(C)=Nn1c(C(F)(F)F)cc(=O)n(-c2cc(Oc3ccccc3[N+](=O)[O-])c(Cl)cc2F)c1=O. The van der Waals surface area contributed by atoms with Crippen molar-refractivity contribution in [1.29, 1.82) is 0 Å². The van der Waals surface area contributed by atoms with E-state index in [4.69, 9.17) is 21.1 Å². The van der Waals surface area contributed by atoms with Crippen molar-refractivity contribution < 1.29 is 32.0 Å². The molecule has 36 heavy (non-hydrogen) atoms. The molecular formula is C21H15ClF4N4O6. The molecule has 1 aromatic heterocycles. The number of benzene rings is 2. The number of nitrogens with zero attached hydrogens (tertiary/aromatic N) is 4. The Labute approximate surface area is 203 Å². The van der Waals surface area contributed by atoms with Crippen molar-refractivity contribution in [2.75, 3.05) is 6.61 Å². The van der Waals surface area contributed by atoms with E-state index in [1.807, 2.05) is 0 Å². The highest BCUT2D eigenvalue weighted by molar-refractivity contribution is 6.32. The van der Waals surface area contributed by atoms with Gasteiger partial charge in [-0.3, -0.25) is 14.9 Å². The van der Waals surface area contributed by atoms with Gasteiger partial charge in [-0.1, -0.05) is 23.7 Å². The van der Waals surface area contributed by atoms with Crippen LogP contribution in [-0.2, 0) is 10.9 Å². The number of halogens is 5. The highest BCUT2D eigenvalue weighted by Crippen LogP contribution is 2.36. The molecule has 10 nitrogen and oxygen atoms in total. The van der Waals surface area contributed by atoms with Crippen LogP contribution in [0.1, 0.15) is 19.5 Å². The van der Waals surface area contributed by atoms with Crippen LogP contribution in [0.4, 0.5) is 23.2 Å². The molecule has 0 saturated heterocycles. The molecule has 0 amide bonds. The summed E-state index contributed by atoms with van der Waals surface area (Å²) in [6, 6.07) is 6.51. The van der Waals surface area contributed by atoms with Gasteiger partial charge in [-0.05, 0) is 19.1 Å². The molecule has 0 unspecified atom stereocenters. The number of nitro groups is 1. The van der Waals surface area contributed by atoms with Gasteiger partial charge in [0.1, 0.15) is 11.6 Å². The molecule has 0 aliphatic carbocycles. The fourth-order valence-electron chi connectivity index (χ4n) is 3.01. The van der Waals surface area contributed by atoms with Crippen molar-refractivity contribution in [2.45, 2.75) is 20.0 Å². The fraction of sp³-hybridized carbons (Fsp3) is 0.190. The maximum atomic E-state index is 14.8. The van der Waals surface area contributed by atoms with E-state index in [0.29, 0.717) is 6.07 Å². The molecule has 0 aliphatic heterocycles. The van der Waals surface area contributed by atoms with Crippen LogP contribution < -0.4 is 16.0 Å². The average molecular weight is 531 g/mol. The van der Waals surface area contributed by atoms with Gasteiger partial charge in [0.05, 0.1) is 22.2 Å². The first-order chi connectivity index (χ1) is 16.8. The second-order valence-electron chi connectivity index (χ2n) is 6.91. The maximum absolute atomic E-state index is 14.8. The topological polar surface area (TPSA) is 118 Å². The Bertz CT molecular complexity index is 1480. The van der Waals surface area contributed by atoms with Crippen molar-refractivity contribution in [2.24, 2.45) is 5.10 Å². The zero-order valence-corrected chi connectivity index (χ0v) is 19.1. The van der Waals surface area contributed by atoms with Gasteiger partial charge in [-0.15, -0.1) is 5.10 Å². The molecule has 190 valence electrons. The Kier molecular flexibility index (Phi) is 7.48. The largest absolute Gasteiger partial charge is 0.480 e. The summed E-state index contributed by atoms with van der Waals surface area (Å²) in [6.07, 6.45) is -5.17. The summed E-state index contributed by atoms with van der Waals surface area (Å²) in [4.78, 5) is 36.0. The molecule has 3 aromatic rings. The normalized spacial score (nSPS) is 11.9. The van der Waals surface area contributed by atoms with Crippen molar-refractivity contribution >= 4 is 23.2 Å². The van der Waals surface area contributed by atoms with E-state index in [1.54, 1.807) is 0 Å². The monoisotopic (exact) mass is 530 g/mol. The minimum atomic E-state index is -5.17. The molecule has 0 radical (unpaired) electrons. The second kappa shape index (κ2) is 10.2. The third kappa shape index (κ3) is 5.38. The van der Waals surface area contributed by atoms with Gasteiger partial charge in [-0.2, -0.15) is 17.8 Å². The number of alkyl halides is 3. The van der Waals surface area contributed by atoms with Crippen molar-refractivity contribution in [3.8, 4) is 17.2 Å². The Hall–Kier alpha value is -4.20. The lowest BCUT2D eigenvalue weighted by Gasteiger charge is -2.16. The van der Waals surface area contributed by atoms with Crippen LogP contribution in [0.3, 0.4) is 0 Å². The van der Waals surface area contributed by atoms with E-state index in [0.717, 1.165) is 12.1 Å². The molecule has 0 spiro atoms. The summed E-state index contributed by atoms with van der Waals surface area (Å²) < 4.78 is 65.8. The predicted octanol–water partition coefficient (Wildman–Crippen LogP) is 4.73. The molecule has 15 heteroatoms. The fourth-order valence-corrected chi connectivity index (χ4v) is 3.20. The molecule has 0 bridgehead atoms. The van der Waals surface area contributed by atoms with Crippen molar-refractivity contribution in [1.82, 2.24) is 9.24 Å². The van der Waals surface area contributed by atoms with E-state index >= 15 is 0 Å². The number of ether oxygens (including phenoxy) is 2. The van der Waals surface area contributed by atoms with Crippen LogP contribution in [0.2, 0.25) is 5.02 Å². The minimum absolute atomic E-state index is 0.0171. The standard InChI is InChI=1S/C21H15ClF4N4O6/c1-3-35-11(2)27-29-18(21(24,25)26)10-19(31)28(20(29)32)15-9-17(12(22)8-13(15)23)36-16-7-5-4-6-14(16)30(33)34/h4-10H,3H2,1-2H3. The molecule has 0 fully saturated rings. The van der Waals surface area contributed by atoms with Crippen LogP contribution in [0.5, 0.6) is 11.5 Å². The Balaban J connectivity index is 2.27. The average Bonchev–Trinajstić information content (AvgIpc) is 2.78. The number of nitro benzene ring substituents is 1. The number of para-hydroxylation sites is 2. The van der Waals surface area contributed by atoms with E-state index < -0.39 is 56.0 Å². The Morgan fingerprint density at radius 2 is 1.83 bits per heavy atom. The molecule has 0 atom stereocenters. The first kappa shape index (κ1) is 26.4. The van der Waals surface area contributed by atoms with Gasteiger partial charge < -0.3 is 9.47 Å². The number of rotatable bonds is 6. The quantitative estimate of drug-likeness (QED) is 0.149. The zero-order chi connectivity index (χ0) is 26.8. The van der Waals surface area contributed by atoms with Crippen LogP contribution in [0.15, 0.2) is 57.2 Å². The molecule has 0 saturated carbocycles. The third-order valence-corrected chi connectivity index (χ3v) is 4.79. The van der Waals surface area contributed by atoms with Gasteiger partial charge in [0.2, 0.25) is 11.6 Å². The Morgan fingerprint density at radius 1 is 1.17 bits per heavy atom. The van der Waals surface area contributed by atoms with Crippen LogP contribution in [0.25, 0.3) is 5.69 Å². The van der Waals surface area contributed by atoms with Gasteiger partial charge >= 0.3 is 17.6 Å². The van der Waals surface area contributed by atoms with Crippen LogP contribution in [-0.4, -0.2) is 26.7 Å². The van der Waals surface area contributed by atoms with Crippen LogP contribution in [0, 0.1) is 15.9 Å². The molecule has 3 rings (SSSR count). The number of hydrogen-bond acceptors (Lipinski definition) is 7. The van der Waals surface area contributed by atoms with E-state index in [1.165, 1.54) is 32.0 Å². The molecule has 0 N–H and O–H groups in total. The second-order valence-corrected chi connectivity index (χ2v) is 7.32. The van der Waals surface area contributed by atoms with Gasteiger partial charge in [0, 0.05) is 25.1 Å². The molecular weight excluding hydrogens is 516 g/mol. The number of hydrogen-bond donors (Lipinski definition) is 0. The zero-order valence-electron chi connectivity index (χ0n) is 18.4. The summed E-state index contributed by atoms with van der Waals surface area (Å²) >= 11 is 5.98. The first-order valence-electron chi connectivity index (χ1n) is 9.90. The Morgan fingerprint density at radius 3 is 2.44 bits per heavy atom. The van der Waals surface area contributed by atoms with Gasteiger partial charge in [-0.25, -0.2) is 13.8 Å².